The monoisotopic (exact) mass is 428 g/mol. The van der Waals surface area contributed by atoms with Crippen LogP contribution in [0.4, 0.5) is 10.2 Å². The fourth-order valence-corrected chi connectivity index (χ4v) is 4.97. The number of aromatic nitrogens is 4. The quantitative estimate of drug-likeness (QED) is 0.536. The molecule has 2 aromatic heterocycles. The summed E-state index contributed by atoms with van der Waals surface area (Å²) in [6.45, 7) is 1.57. The summed E-state index contributed by atoms with van der Waals surface area (Å²) < 4.78 is 47.2. The van der Waals surface area contributed by atoms with Crippen molar-refractivity contribution in [3.8, 4) is 23.2 Å². The van der Waals surface area contributed by atoms with E-state index < -0.39 is 21.8 Å². The number of nitrogens with zero attached hydrogens (tertiary/aromatic N) is 5. The van der Waals surface area contributed by atoms with Crippen molar-refractivity contribution in [1.29, 1.82) is 5.26 Å². The molecule has 1 aliphatic heterocycles. The normalized spacial score (nSPS) is 17.5. The lowest BCUT2D eigenvalue weighted by Crippen LogP contribution is -2.17. The minimum atomic E-state index is -3.81. The first-order chi connectivity index (χ1) is 14.2. The Labute approximate surface area is 171 Å². The van der Waals surface area contributed by atoms with Crippen LogP contribution in [0.5, 0.6) is 5.88 Å². The van der Waals surface area contributed by atoms with Crippen molar-refractivity contribution in [2.75, 3.05) is 11.5 Å². The molecule has 1 aliphatic rings. The largest absolute Gasteiger partial charge is 0.467 e. The molecule has 1 atom stereocenters. The van der Waals surface area contributed by atoms with E-state index in [4.69, 9.17) is 10.5 Å². The number of nitrogen functional groups attached to an aromatic ring is 1. The maximum Gasteiger partial charge on any atom is 0.258 e. The fourth-order valence-electron chi connectivity index (χ4n) is 3.43. The van der Waals surface area contributed by atoms with Gasteiger partial charge in [0.2, 0.25) is 0 Å². The van der Waals surface area contributed by atoms with E-state index >= 15 is 0 Å². The van der Waals surface area contributed by atoms with Crippen LogP contribution in [0.15, 0.2) is 29.3 Å². The van der Waals surface area contributed by atoms with Gasteiger partial charge in [0.25, 0.3) is 5.88 Å². The number of nitriles is 1. The molecule has 0 spiro atoms. The third-order valence-electron chi connectivity index (χ3n) is 4.89. The first-order valence-electron chi connectivity index (χ1n) is 8.99. The van der Waals surface area contributed by atoms with Crippen molar-refractivity contribution in [3.05, 3.63) is 47.2 Å². The maximum atomic E-state index is 13.9. The van der Waals surface area contributed by atoms with Gasteiger partial charge in [0.15, 0.2) is 15.7 Å². The fraction of sp³-hybridized carbons (Fsp3) is 0.263. The second-order valence-corrected chi connectivity index (χ2v) is 8.94. The predicted molar refractivity (Wildman–Crippen MR) is 105 cm³/mol. The van der Waals surface area contributed by atoms with Crippen molar-refractivity contribution in [3.63, 3.8) is 0 Å². The summed E-state index contributed by atoms with van der Waals surface area (Å²) in [5.41, 5.74) is 7.29. The SMILES string of the molecule is C[C@H]1Oc2nc(cnc2N)-c2c(nn(C)c2C#N)CCS(=O)(=O)c2ccc(F)cc21. The molecule has 9 nitrogen and oxygen atoms in total. The molecule has 0 saturated heterocycles. The van der Waals surface area contributed by atoms with E-state index in [9.17, 15) is 18.1 Å². The van der Waals surface area contributed by atoms with E-state index in [1.807, 2.05) is 0 Å². The Morgan fingerprint density at radius 3 is 2.90 bits per heavy atom. The number of ether oxygens (including phenoxy) is 1. The average Bonchev–Trinajstić information content (AvgIpc) is 3.02. The third-order valence-corrected chi connectivity index (χ3v) is 6.67. The number of aryl methyl sites for hydroxylation is 2. The number of halogens is 1. The number of nitrogens with two attached hydrogens (primary N) is 1. The highest BCUT2D eigenvalue weighted by Gasteiger charge is 2.28. The molecule has 0 unspecified atom stereocenters. The molecule has 11 heteroatoms. The summed E-state index contributed by atoms with van der Waals surface area (Å²) in [6.07, 6.45) is 0.531. The standard InChI is InChI=1S/C19H17FN6O3S/c1-10-12-7-11(20)3-4-16(12)30(27,28)6-5-13-17(15(8-21)26(2)25-13)14-9-23-18(22)19(24-14)29-10/h3-4,7,9-10H,5-6H2,1-2H3,(H2,22,23)/t10-/m1/s1. The van der Waals surface area contributed by atoms with Gasteiger partial charge in [-0.3, -0.25) is 4.68 Å². The van der Waals surface area contributed by atoms with Gasteiger partial charge in [-0.25, -0.2) is 22.8 Å². The Morgan fingerprint density at radius 1 is 1.40 bits per heavy atom. The molecule has 0 aliphatic carbocycles. The van der Waals surface area contributed by atoms with Crippen LogP contribution in [-0.2, 0) is 23.3 Å². The van der Waals surface area contributed by atoms with Crippen molar-refractivity contribution < 1.29 is 17.5 Å². The van der Waals surface area contributed by atoms with Crippen LogP contribution in [-0.4, -0.2) is 33.9 Å². The van der Waals surface area contributed by atoms with Gasteiger partial charge in [-0.2, -0.15) is 10.4 Å². The van der Waals surface area contributed by atoms with Crippen molar-refractivity contribution >= 4 is 15.7 Å². The summed E-state index contributed by atoms with van der Waals surface area (Å²) >= 11 is 0. The highest BCUT2D eigenvalue weighted by molar-refractivity contribution is 7.91. The number of rotatable bonds is 0. The minimum Gasteiger partial charge on any atom is -0.467 e. The number of fused-ring (bicyclic) bond motifs is 5. The number of anilines is 1. The molecule has 0 saturated carbocycles. The Balaban J connectivity index is 1.99. The molecule has 0 amide bonds. The van der Waals surface area contributed by atoms with E-state index in [0.29, 0.717) is 11.3 Å². The molecule has 30 heavy (non-hydrogen) atoms. The molecule has 2 bridgehead atoms. The summed E-state index contributed by atoms with van der Waals surface area (Å²) in [4.78, 5) is 8.45. The lowest BCUT2D eigenvalue weighted by atomic mass is 10.1. The molecule has 3 heterocycles. The molecular weight excluding hydrogens is 411 g/mol. The smallest absolute Gasteiger partial charge is 0.258 e. The zero-order valence-electron chi connectivity index (χ0n) is 16.1. The maximum absolute atomic E-state index is 13.9. The number of hydrogen-bond donors (Lipinski definition) is 1. The van der Waals surface area contributed by atoms with Crippen LogP contribution in [0.25, 0.3) is 11.3 Å². The van der Waals surface area contributed by atoms with Crippen LogP contribution >= 0.6 is 0 Å². The van der Waals surface area contributed by atoms with Crippen LogP contribution in [0.3, 0.4) is 0 Å². The Morgan fingerprint density at radius 2 is 2.17 bits per heavy atom. The second kappa shape index (κ2) is 7.07. The lowest BCUT2D eigenvalue weighted by molar-refractivity contribution is 0.214. The van der Waals surface area contributed by atoms with Gasteiger partial charge < -0.3 is 10.5 Å². The van der Waals surface area contributed by atoms with Crippen molar-refractivity contribution in [2.24, 2.45) is 7.05 Å². The predicted octanol–water partition coefficient (Wildman–Crippen LogP) is 1.94. The zero-order valence-corrected chi connectivity index (χ0v) is 16.9. The van der Waals surface area contributed by atoms with E-state index in [2.05, 4.69) is 21.1 Å². The van der Waals surface area contributed by atoms with Gasteiger partial charge in [-0.05, 0) is 25.1 Å². The van der Waals surface area contributed by atoms with Crippen LogP contribution < -0.4 is 10.5 Å². The minimum absolute atomic E-state index is 0.0209. The summed E-state index contributed by atoms with van der Waals surface area (Å²) in [5, 5.41) is 13.9. The molecule has 2 N–H and O–H groups in total. The lowest BCUT2D eigenvalue weighted by Gasteiger charge is -2.20. The van der Waals surface area contributed by atoms with Gasteiger partial charge in [0.1, 0.15) is 23.7 Å². The highest BCUT2D eigenvalue weighted by atomic mass is 32.2. The summed E-state index contributed by atoms with van der Waals surface area (Å²) in [6, 6.07) is 5.49. The van der Waals surface area contributed by atoms with Gasteiger partial charge in [0.05, 0.1) is 33.8 Å². The molecule has 0 fully saturated rings. The second-order valence-electron chi connectivity index (χ2n) is 6.86. The van der Waals surface area contributed by atoms with Gasteiger partial charge >= 0.3 is 0 Å². The molecule has 154 valence electrons. The Kier molecular flexibility index (Phi) is 4.66. The molecule has 4 rings (SSSR count). The first-order valence-corrected chi connectivity index (χ1v) is 10.6. The highest BCUT2D eigenvalue weighted by Crippen LogP contribution is 2.34. The van der Waals surface area contributed by atoms with Crippen molar-refractivity contribution in [2.45, 2.75) is 24.3 Å². The summed E-state index contributed by atoms with van der Waals surface area (Å²) in [7, 11) is -2.23. The van der Waals surface area contributed by atoms with Gasteiger partial charge in [-0.15, -0.1) is 0 Å². The van der Waals surface area contributed by atoms with E-state index in [-0.39, 0.29) is 45.7 Å². The van der Waals surface area contributed by atoms with E-state index in [1.165, 1.54) is 16.9 Å². The topological polar surface area (TPSA) is 137 Å². The van der Waals surface area contributed by atoms with E-state index in [1.54, 1.807) is 14.0 Å². The zero-order chi connectivity index (χ0) is 21.6. The number of hydrogen-bond acceptors (Lipinski definition) is 8. The Hall–Kier alpha value is -3.52. The third kappa shape index (κ3) is 3.25. The molecule has 1 aromatic carbocycles. The number of sulfone groups is 1. The van der Waals surface area contributed by atoms with E-state index in [0.717, 1.165) is 12.1 Å². The Bertz CT molecular complexity index is 1310. The molecule has 0 radical (unpaired) electrons. The van der Waals surface area contributed by atoms with Gasteiger partial charge in [-0.1, -0.05) is 0 Å². The summed E-state index contributed by atoms with van der Waals surface area (Å²) in [5.74, 6) is -0.952. The molecular formula is C19H17FN6O3S. The van der Waals surface area contributed by atoms with Crippen LogP contribution in [0, 0.1) is 17.1 Å². The van der Waals surface area contributed by atoms with Crippen LogP contribution in [0.1, 0.15) is 30.0 Å². The molecule has 3 aromatic rings. The first kappa shape index (κ1) is 19.8. The van der Waals surface area contributed by atoms with Crippen molar-refractivity contribution in [1.82, 2.24) is 19.7 Å². The average molecular weight is 428 g/mol. The van der Waals surface area contributed by atoms with Gasteiger partial charge in [0, 0.05) is 19.0 Å². The number of benzene rings is 1. The van der Waals surface area contributed by atoms with Crippen LogP contribution in [0.2, 0.25) is 0 Å².